The molecular formula is C12H15F. The van der Waals surface area contributed by atoms with Gasteiger partial charge in [0.2, 0.25) is 0 Å². The zero-order valence-electron chi connectivity index (χ0n) is 7.70. The summed E-state index contributed by atoms with van der Waals surface area (Å²) in [5.41, 5.74) is 1.76. The smallest absolute Gasteiger partial charge is 0.0262 e. The first-order chi connectivity index (χ1) is 5.72. The lowest BCUT2D eigenvalue weighted by atomic mass is 10.1. The van der Waals surface area contributed by atoms with Gasteiger partial charge in [0, 0.05) is 0 Å². The van der Waals surface area contributed by atoms with Crippen LogP contribution in [0, 0.1) is 0 Å². The van der Waals surface area contributed by atoms with Crippen LogP contribution >= 0.6 is 0 Å². The lowest BCUT2D eigenvalue weighted by molar-refractivity contribution is 1.11. The lowest BCUT2D eigenvalue weighted by Crippen LogP contribution is -1.76. The molecule has 0 atom stereocenters. The molecule has 0 saturated heterocycles. The molecule has 0 aliphatic rings. The van der Waals surface area contributed by atoms with Crippen molar-refractivity contribution in [2.75, 3.05) is 0 Å². The summed E-state index contributed by atoms with van der Waals surface area (Å²) in [7, 11) is 0. The van der Waals surface area contributed by atoms with Crippen LogP contribution in [0.15, 0.2) is 73.9 Å². The van der Waals surface area contributed by atoms with Gasteiger partial charge in [0.15, 0.2) is 0 Å². The van der Waals surface area contributed by atoms with E-state index in [4.69, 9.17) is 0 Å². The second-order valence-electron chi connectivity index (χ2n) is 2.24. The molecule has 0 aliphatic heterocycles. The van der Waals surface area contributed by atoms with Gasteiger partial charge in [-0.3, -0.25) is 4.70 Å². The average Bonchev–Trinajstić information content (AvgIpc) is 2.10. The monoisotopic (exact) mass is 178 g/mol. The first kappa shape index (κ1) is 13.9. The van der Waals surface area contributed by atoms with Gasteiger partial charge in [0.25, 0.3) is 0 Å². The molecule has 13 heavy (non-hydrogen) atoms. The van der Waals surface area contributed by atoms with Crippen LogP contribution in [-0.2, 0) is 0 Å². The highest BCUT2D eigenvalue weighted by Crippen LogP contribution is 2.07. The van der Waals surface area contributed by atoms with Crippen LogP contribution in [0.25, 0.3) is 0 Å². The Morgan fingerprint density at radius 1 is 0.769 bits per heavy atom. The van der Waals surface area contributed by atoms with Crippen molar-refractivity contribution in [2.24, 2.45) is 0 Å². The minimum Gasteiger partial charge on any atom is -0.269 e. The van der Waals surface area contributed by atoms with E-state index in [1.807, 2.05) is 24.3 Å². The van der Waals surface area contributed by atoms with E-state index in [9.17, 15) is 0 Å². The van der Waals surface area contributed by atoms with Crippen molar-refractivity contribution < 1.29 is 4.70 Å². The number of allylic oxidation sites excluding steroid dienone is 8. The van der Waals surface area contributed by atoms with Crippen LogP contribution in [0.4, 0.5) is 4.70 Å². The molecule has 0 aliphatic carbocycles. The van der Waals surface area contributed by atoms with Crippen LogP contribution in [-0.4, -0.2) is 0 Å². The molecule has 0 rings (SSSR count). The summed E-state index contributed by atoms with van der Waals surface area (Å²) in [5.74, 6) is 0. The van der Waals surface area contributed by atoms with E-state index in [2.05, 4.69) is 26.3 Å². The highest BCUT2D eigenvalue weighted by molar-refractivity contribution is 5.43. The quantitative estimate of drug-likeness (QED) is 0.563. The Hall–Kier alpha value is -1.63. The van der Waals surface area contributed by atoms with Crippen LogP contribution in [0.1, 0.15) is 0 Å². The minimum atomic E-state index is 0. The van der Waals surface area contributed by atoms with E-state index < -0.39 is 0 Å². The maximum atomic E-state index is 3.83. The van der Waals surface area contributed by atoms with Crippen molar-refractivity contribution in [1.82, 2.24) is 0 Å². The van der Waals surface area contributed by atoms with Crippen molar-refractivity contribution >= 4 is 0 Å². The maximum absolute atomic E-state index is 3.83. The van der Waals surface area contributed by atoms with Crippen molar-refractivity contribution in [3.05, 3.63) is 73.9 Å². The van der Waals surface area contributed by atoms with E-state index in [1.165, 1.54) is 0 Å². The van der Waals surface area contributed by atoms with E-state index in [-0.39, 0.29) is 4.70 Å². The summed E-state index contributed by atoms with van der Waals surface area (Å²) in [4.78, 5) is 0. The highest BCUT2D eigenvalue weighted by Gasteiger charge is 1.88. The van der Waals surface area contributed by atoms with Gasteiger partial charge in [-0.15, -0.1) is 0 Å². The molecule has 0 amide bonds. The van der Waals surface area contributed by atoms with Crippen LogP contribution < -0.4 is 0 Å². The molecule has 1 heteroatoms. The molecule has 0 unspecified atom stereocenters. The summed E-state index contributed by atoms with van der Waals surface area (Å²) in [5, 5.41) is 0. The summed E-state index contributed by atoms with van der Waals surface area (Å²) in [6.07, 6.45) is 10.8. The van der Waals surface area contributed by atoms with Crippen LogP contribution in [0.3, 0.4) is 0 Å². The fourth-order valence-corrected chi connectivity index (χ4v) is 0.582. The van der Waals surface area contributed by atoms with Gasteiger partial charge in [-0.05, 0) is 11.1 Å². The Morgan fingerprint density at radius 2 is 1.08 bits per heavy atom. The number of halogens is 1. The average molecular weight is 178 g/mol. The van der Waals surface area contributed by atoms with Gasteiger partial charge >= 0.3 is 0 Å². The minimum absolute atomic E-state index is 0. The van der Waals surface area contributed by atoms with Crippen molar-refractivity contribution in [2.45, 2.75) is 0 Å². The Morgan fingerprint density at radius 3 is 1.31 bits per heavy atom. The van der Waals surface area contributed by atoms with E-state index in [0.717, 1.165) is 11.1 Å². The van der Waals surface area contributed by atoms with E-state index in [0.29, 0.717) is 0 Å². The molecule has 0 aromatic heterocycles. The molecule has 0 spiro atoms. The van der Waals surface area contributed by atoms with Crippen molar-refractivity contribution in [1.29, 1.82) is 0 Å². The predicted octanol–water partition coefficient (Wildman–Crippen LogP) is 3.74. The molecule has 0 radical (unpaired) electrons. The van der Waals surface area contributed by atoms with Gasteiger partial charge < -0.3 is 0 Å². The van der Waals surface area contributed by atoms with Gasteiger partial charge in [0.1, 0.15) is 0 Å². The first-order valence-corrected chi connectivity index (χ1v) is 3.68. The third kappa shape index (κ3) is 6.76. The van der Waals surface area contributed by atoms with Gasteiger partial charge in [0.05, 0.1) is 0 Å². The SMILES string of the molecule is C=C/C=C\C(=C)C(=C)/C=C\C=C.F. The molecule has 0 saturated carbocycles. The number of hydrogen-bond acceptors (Lipinski definition) is 0. The summed E-state index contributed by atoms with van der Waals surface area (Å²) >= 11 is 0. The fourth-order valence-electron chi connectivity index (χ4n) is 0.582. The third-order valence-electron chi connectivity index (χ3n) is 1.28. The molecule has 0 N–H and O–H groups in total. The van der Waals surface area contributed by atoms with Crippen LogP contribution in [0.2, 0.25) is 0 Å². The summed E-state index contributed by atoms with van der Waals surface area (Å²) in [6.45, 7) is 14.8. The molecule has 0 fully saturated rings. The second-order valence-corrected chi connectivity index (χ2v) is 2.24. The van der Waals surface area contributed by atoms with Gasteiger partial charge in [-0.25, -0.2) is 0 Å². The molecular weight excluding hydrogens is 163 g/mol. The molecule has 0 heterocycles. The molecule has 0 bridgehead atoms. The predicted molar refractivity (Wildman–Crippen MR) is 59.5 cm³/mol. The number of rotatable bonds is 5. The van der Waals surface area contributed by atoms with Crippen molar-refractivity contribution in [3.8, 4) is 0 Å². The Labute approximate surface area is 79.3 Å². The second kappa shape index (κ2) is 8.47. The maximum Gasteiger partial charge on any atom is -0.0262 e. The lowest BCUT2D eigenvalue weighted by Gasteiger charge is -1.96. The van der Waals surface area contributed by atoms with Crippen molar-refractivity contribution in [3.63, 3.8) is 0 Å². The third-order valence-corrected chi connectivity index (χ3v) is 1.28. The standard InChI is InChI=1S/C12H14.FH/c1-5-7-9-11(3)12(4)10-8-6-2;/h5-10H,1-4H2;1H/b9-7-,10-8-;. The summed E-state index contributed by atoms with van der Waals surface area (Å²) in [6, 6.07) is 0. The van der Waals surface area contributed by atoms with E-state index in [1.54, 1.807) is 12.2 Å². The zero-order chi connectivity index (χ0) is 9.40. The largest absolute Gasteiger partial charge is 0.269 e. The normalized spacial score (nSPS) is 9.54. The Kier molecular flexibility index (Phi) is 9.07. The fraction of sp³-hybridized carbons (Fsp3) is 0. The summed E-state index contributed by atoms with van der Waals surface area (Å²) < 4.78 is 0. The topological polar surface area (TPSA) is 0 Å². The van der Waals surface area contributed by atoms with Crippen LogP contribution in [0.5, 0.6) is 0 Å². The highest BCUT2D eigenvalue weighted by atomic mass is 19.0. The molecule has 70 valence electrons. The molecule has 0 aromatic rings. The first-order valence-electron chi connectivity index (χ1n) is 3.68. The van der Waals surface area contributed by atoms with E-state index >= 15 is 0 Å². The van der Waals surface area contributed by atoms with Gasteiger partial charge in [-0.2, -0.15) is 0 Å². The zero-order valence-corrected chi connectivity index (χ0v) is 7.70. The Bertz CT molecular complexity index is 226. The molecule has 0 aromatic carbocycles. The van der Waals surface area contributed by atoms with Gasteiger partial charge in [-0.1, -0.05) is 62.8 Å². The molecule has 0 nitrogen and oxygen atoms in total. The Balaban J connectivity index is 0. The number of hydrogen-bond donors (Lipinski definition) is 0.